The van der Waals surface area contributed by atoms with Gasteiger partial charge in [0.15, 0.2) is 4.67 Å². The van der Waals surface area contributed by atoms with Crippen LogP contribution >= 0.6 is 27.7 Å². The summed E-state index contributed by atoms with van der Waals surface area (Å²) in [6.07, 6.45) is 0. The number of nitrogens with one attached hydrogen (secondary N) is 2. The lowest BCUT2D eigenvalue weighted by Crippen LogP contribution is -2.31. The van der Waals surface area contributed by atoms with Gasteiger partial charge < -0.3 is 15.1 Å². The topological polar surface area (TPSA) is 85.0 Å². The zero-order valence-corrected chi connectivity index (χ0v) is 22.2. The van der Waals surface area contributed by atoms with Crippen LogP contribution < -0.4 is 10.6 Å². The largest absolute Gasteiger partial charge is 0.452 e. The van der Waals surface area contributed by atoms with Gasteiger partial charge in [-0.05, 0) is 77.7 Å². The van der Waals surface area contributed by atoms with E-state index in [9.17, 15) is 9.18 Å². The first-order valence-corrected chi connectivity index (χ1v) is 13.0. The van der Waals surface area contributed by atoms with Crippen LogP contribution in [0.15, 0.2) is 80.1 Å². The second-order valence-corrected chi connectivity index (χ2v) is 10.2. The lowest BCUT2D eigenvalue weighted by molar-refractivity contribution is -0.113. The molecule has 2 aromatic heterocycles. The number of hydrogen-bond donors (Lipinski definition) is 2. The van der Waals surface area contributed by atoms with Crippen LogP contribution in [-0.2, 0) is 10.5 Å². The summed E-state index contributed by atoms with van der Waals surface area (Å²) in [6, 6.07) is 15.3. The van der Waals surface area contributed by atoms with Gasteiger partial charge in [-0.3, -0.25) is 4.79 Å². The summed E-state index contributed by atoms with van der Waals surface area (Å²) >= 11 is 4.68. The summed E-state index contributed by atoms with van der Waals surface area (Å²) in [5.74, 6) is 0.843. The van der Waals surface area contributed by atoms with Crippen LogP contribution in [0.5, 0.6) is 0 Å². The molecular formula is C26H23BrFN5O2S. The number of hydrogen-bond acceptors (Lipinski definition) is 6. The Kier molecular flexibility index (Phi) is 6.72. The third-order valence-electron chi connectivity index (χ3n) is 6.11. The van der Waals surface area contributed by atoms with Crippen LogP contribution in [0.1, 0.15) is 35.4 Å². The maximum absolute atomic E-state index is 14.1. The summed E-state index contributed by atoms with van der Waals surface area (Å²) < 4.78 is 22.2. The van der Waals surface area contributed by atoms with Gasteiger partial charge in [0.25, 0.3) is 5.91 Å². The number of rotatable bonds is 6. The minimum Gasteiger partial charge on any atom is -0.452 e. The van der Waals surface area contributed by atoms with E-state index in [0.29, 0.717) is 44.1 Å². The molecule has 1 atom stereocenters. The highest BCUT2D eigenvalue weighted by molar-refractivity contribution is 9.10. The third-order valence-corrected chi connectivity index (χ3v) is 7.42. The molecule has 184 valence electrons. The molecule has 0 aliphatic carbocycles. The first kappa shape index (κ1) is 24.3. The number of thioether (sulfide) groups is 1. The maximum atomic E-state index is 14.1. The SMILES string of the molecule is CC1=C(C(=O)Nc2cccc(C)c2C)C(c2ccc(Br)o2)n2nc(SCc3ccccc3F)nc2N1. The molecule has 4 aromatic rings. The van der Waals surface area contributed by atoms with Crippen molar-refractivity contribution in [3.8, 4) is 0 Å². The van der Waals surface area contributed by atoms with E-state index in [4.69, 9.17) is 4.42 Å². The molecular weight excluding hydrogens is 545 g/mol. The Hall–Kier alpha value is -3.37. The van der Waals surface area contributed by atoms with E-state index in [1.54, 1.807) is 35.0 Å². The number of aromatic nitrogens is 3. The summed E-state index contributed by atoms with van der Waals surface area (Å²) in [7, 11) is 0. The van der Waals surface area contributed by atoms with Gasteiger partial charge in [-0.1, -0.05) is 42.1 Å². The molecule has 0 bridgehead atoms. The molecule has 1 amide bonds. The molecule has 10 heteroatoms. The van der Waals surface area contributed by atoms with Crippen molar-refractivity contribution in [3.63, 3.8) is 0 Å². The first-order chi connectivity index (χ1) is 17.3. The zero-order chi connectivity index (χ0) is 25.4. The van der Waals surface area contributed by atoms with Crippen molar-refractivity contribution in [2.45, 2.75) is 37.7 Å². The highest BCUT2D eigenvalue weighted by atomic mass is 79.9. The van der Waals surface area contributed by atoms with Crippen LogP contribution in [0.2, 0.25) is 0 Å². The smallest absolute Gasteiger partial charge is 0.256 e. The van der Waals surface area contributed by atoms with E-state index in [0.717, 1.165) is 16.8 Å². The van der Waals surface area contributed by atoms with Gasteiger partial charge in [-0.15, -0.1) is 5.10 Å². The highest BCUT2D eigenvalue weighted by Crippen LogP contribution is 2.38. The summed E-state index contributed by atoms with van der Waals surface area (Å²) in [6.45, 7) is 5.80. The molecule has 2 aromatic carbocycles. The number of carbonyl (C=O) groups excluding carboxylic acids is 1. The molecule has 1 unspecified atom stereocenters. The molecule has 0 spiro atoms. The van der Waals surface area contributed by atoms with Gasteiger partial charge in [-0.2, -0.15) is 4.98 Å². The van der Waals surface area contributed by atoms with E-state index in [-0.39, 0.29) is 11.7 Å². The quantitative estimate of drug-likeness (QED) is 0.255. The first-order valence-electron chi connectivity index (χ1n) is 11.2. The Morgan fingerprint density at radius 1 is 1.17 bits per heavy atom. The second-order valence-electron chi connectivity index (χ2n) is 8.45. The molecule has 0 saturated heterocycles. The van der Waals surface area contributed by atoms with E-state index in [1.807, 2.05) is 39.0 Å². The van der Waals surface area contributed by atoms with Crippen molar-refractivity contribution in [1.29, 1.82) is 0 Å². The number of nitrogens with zero attached hydrogens (tertiary/aromatic N) is 3. The molecule has 1 aliphatic heterocycles. The number of aryl methyl sites for hydroxylation is 1. The minimum absolute atomic E-state index is 0.270. The number of benzene rings is 2. The van der Waals surface area contributed by atoms with E-state index < -0.39 is 6.04 Å². The fourth-order valence-corrected chi connectivity index (χ4v) is 5.19. The van der Waals surface area contributed by atoms with Crippen molar-refractivity contribution >= 4 is 45.2 Å². The number of fused-ring (bicyclic) bond motifs is 1. The van der Waals surface area contributed by atoms with Gasteiger partial charge in [0, 0.05) is 17.1 Å². The van der Waals surface area contributed by atoms with Crippen LogP contribution in [0, 0.1) is 19.7 Å². The number of furan rings is 1. The number of allylic oxidation sites excluding steroid dienone is 1. The van der Waals surface area contributed by atoms with Crippen molar-refractivity contribution < 1.29 is 13.6 Å². The summed E-state index contributed by atoms with van der Waals surface area (Å²) in [5, 5.41) is 11.4. The predicted molar refractivity (Wildman–Crippen MR) is 141 cm³/mol. The van der Waals surface area contributed by atoms with Crippen LogP contribution in [-0.4, -0.2) is 20.7 Å². The molecule has 3 heterocycles. The van der Waals surface area contributed by atoms with Crippen molar-refractivity contribution in [1.82, 2.24) is 14.8 Å². The van der Waals surface area contributed by atoms with Crippen LogP contribution in [0.3, 0.4) is 0 Å². The number of anilines is 2. The molecule has 7 nitrogen and oxygen atoms in total. The normalized spacial score (nSPS) is 15.0. The highest BCUT2D eigenvalue weighted by Gasteiger charge is 2.36. The minimum atomic E-state index is -0.645. The number of halogens is 2. The average Bonchev–Trinajstić information content (AvgIpc) is 3.46. The van der Waals surface area contributed by atoms with Crippen LogP contribution in [0.4, 0.5) is 16.0 Å². The second kappa shape index (κ2) is 9.94. The monoisotopic (exact) mass is 567 g/mol. The Morgan fingerprint density at radius 2 is 1.97 bits per heavy atom. The Morgan fingerprint density at radius 3 is 2.72 bits per heavy atom. The molecule has 0 fully saturated rings. The van der Waals surface area contributed by atoms with Gasteiger partial charge >= 0.3 is 0 Å². The molecule has 0 saturated carbocycles. The van der Waals surface area contributed by atoms with E-state index >= 15 is 0 Å². The van der Waals surface area contributed by atoms with Crippen molar-refractivity contribution in [3.05, 3.63) is 98.8 Å². The standard InChI is InChI=1S/C26H23BrFN5O2S/c1-14-7-6-10-19(15(14)2)30-24(34)22-16(3)29-25-31-26(36-13-17-8-4-5-9-18(17)28)32-33(25)23(22)20-11-12-21(27)35-20/h4-12,23H,13H2,1-3H3,(H,30,34)(H,29,31,32). The molecule has 1 aliphatic rings. The molecule has 2 N–H and O–H groups in total. The van der Waals surface area contributed by atoms with E-state index in [2.05, 4.69) is 36.6 Å². The van der Waals surface area contributed by atoms with Crippen molar-refractivity contribution in [2.75, 3.05) is 10.6 Å². The lowest BCUT2D eigenvalue weighted by Gasteiger charge is -2.27. The summed E-state index contributed by atoms with van der Waals surface area (Å²) in [4.78, 5) is 18.2. The summed E-state index contributed by atoms with van der Waals surface area (Å²) in [5.41, 5.74) is 4.49. The Balaban J connectivity index is 1.49. The zero-order valence-electron chi connectivity index (χ0n) is 19.8. The fraction of sp³-hybridized carbons (Fsp3) is 0.192. The van der Waals surface area contributed by atoms with Gasteiger partial charge in [-0.25, -0.2) is 9.07 Å². The predicted octanol–water partition coefficient (Wildman–Crippen LogP) is 6.61. The third kappa shape index (κ3) is 4.70. The molecule has 0 radical (unpaired) electrons. The van der Waals surface area contributed by atoms with Gasteiger partial charge in [0.1, 0.15) is 17.6 Å². The molecule has 5 rings (SSSR count). The van der Waals surface area contributed by atoms with Crippen LogP contribution in [0.25, 0.3) is 0 Å². The van der Waals surface area contributed by atoms with Gasteiger partial charge in [0.05, 0.1) is 5.57 Å². The van der Waals surface area contributed by atoms with E-state index in [1.165, 1.54) is 17.8 Å². The lowest BCUT2D eigenvalue weighted by atomic mass is 9.99. The van der Waals surface area contributed by atoms with Gasteiger partial charge in [0.2, 0.25) is 11.1 Å². The molecule has 36 heavy (non-hydrogen) atoms. The maximum Gasteiger partial charge on any atom is 0.256 e. The number of carbonyl (C=O) groups is 1. The fourth-order valence-electron chi connectivity index (χ4n) is 4.06. The van der Waals surface area contributed by atoms with Crippen molar-refractivity contribution in [2.24, 2.45) is 0 Å². The Bertz CT molecular complexity index is 1500. The Labute approximate surface area is 220 Å². The number of amides is 1. The average molecular weight is 568 g/mol.